The summed E-state index contributed by atoms with van der Waals surface area (Å²) in [5, 5.41) is 86.7. The van der Waals surface area contributed by atoms with Gasteiger partial charge in [-0.1, -0.05) is 41.2 Å². The molecule has 272 valence electrons. The molecule has 17 unspecified atom stereocenters. The number of hydrogen-bond donors (Lipinski definition) is 8. The highest BCUT2D eigenvalue weighted by Gasteiger charge is 2.73. The van der Waals surface area contributed by atoms with Gasteiger partial charge in [-0.3, -0.25) is 5.26 Å². The van der Waals surface area contributed by atoms with Gasteiger partial charge in [0.25, 0.3) is 0 Å². The largest absolute Gasteiger partial charge is 0.394 e. The molecule has 4 saturated carbocycles. The Hall–Kier alpha value is -0.700. The molecule has 1 saturated heterocycles. The quantitative estimate of drug-likeness (QED) is 0.0780. The van der Waals surface area contributed by atoms with E-state index in [4.69, 9.17) is 9.47 Å². The first kappa shape index (κ1) is 37.6. The minimum atomic E-state index is -1.57. The van der Waals surface area contributed by atoms with Crippen LogP contribution in [0.4, 0.5) is 0 Å². The second-order valence-electron chi connectivity index (χ2n) is 17.6. The molecule has 8 N–H and O–H groups in total. The molecule has 17 atom stereocenters. The van der Waals surface area contributed by atoms with E-state index in [9.17, 15) is 41.0 Å². The minimum absolute atomic E-state index is 0.0666. The summed E-state index contributed by atoms with van der Waals surface area (Å²) in [6.45, 7) is 17.8. The number of hydrogen-bond acceptors (Lipinski definition) is 11. The third-order valence-corrected chi connectivity index (χ3v) is 14.8. The average Bonchev–Trinajstić information content (AvgIpc) is 3.37. The fraction of sp³-hybridized carbons (Fsp3) is 0.944. The molecule has 0 aromatic carbocycles. The van der Waals surface area contributed by atoms with Crippen molar-refractivity contribution in [3.8, 4) is 0 Å². The van der Waals surface area contributed by atoms with Crippen LogP contribution in [0.2, 0.25) is 0 Å². The lowest BCUT2D eigenvalue weighted by atomic mass is 9.34. The first-order valence-corrected chi connectivity index (χ1v) is 17.7. The van der Waals surface area contributed by atoms with Crippen molar-refractivity contribution in [2.24, 2.45) is 45.3 Å². The summed E-state index contributed by atoms with van der Waals surface area (Å²) in [5.74, 6) is -0.552. The molecule has 0 spiro atoms. The Morgan fingerprint density at radius 1 is 0.979 bits per heavy atom. The molecule has 47 heavy (non-hydrogen) atoms. The Bertz CT molecular complexity index is 1140. The van der Waals surface area contributed by atoms with Crippen molar-refractivity contribution >= 4 is 0 Å². The first-order valence-electron chi connectivity index (χ1n) is 17.7. The molecule has 1 aliphatic heterocycles. The normalized spacial score (nSPS) is 51.3. The molecule has 0 aromatic rings. The Balaban J connectivity index is 1.52. The molecule has 0 radical (unpaired) electrons. The van der Waals surface area contributed by atoms with Crippen molar-refractivity contribution in [3.63, 3.8) is 0 Å². The average molecular weight is 671 g/mol. The van der Waals surface area contributed by atoms with E-state index in [0.717, 1.165) is 12.8 Å². The van der Waals surface area contributed by atoms with Crippen LogP contribution in [0.15, 0.2) is 12.2 Å². The maximum Gasteiger partial charge on any atom is 0.186 e. The predicted octanol–water partition coefficient (Wildman–Crippen LogP) is 2.76. The lowest BCUT2D eigenvalue weighted by Crippen LogP contribution is -2.71. The summed E-state index contributed by atoms with van der Waals surface area (Å²) < 4.78 is 12.6. The standard InChI is InChI=1S/C36H62O11/c1-18(2)21(47-44)10-14-36(8,43)19-9-13-34(6)26(19)20(38)15-24-33(5)12-11-25(39)32(3,4)30(33)22(16-35(24,34)7)45-31-29(42)28(41)27(40)23(17-37)46-31/h19-31,37-44H,1,9-17H2,2-8H3. The van der Waals surface area contributed by atoms with E-state index in [0.29, 0.717) is 44.1 Å². The van der Waals surface area contributed by atoms with Crippen LogP contribution < -0.4 is 0 Å². The number of aliphatic hydroxyl groups excluding tert-OH is 6. The van der Waals surface area contributed by atoms with E-state index in [2.05, 4.69) is 32.2 Å². The van der Waals surface area contributed by atoms with Gasteiger partial charge >= 0.3 is 0 Å². The summed E-state index contributed by atoms with van der Waals surface area (Å²) in [7, 11) is 0. The third-order valence-electron chi connectivity index (χ3n) is 14.8. The van der Waals surface area contributed by atoms with Crippen molar-refractivity contribution < 1.29 is 55.4 Å². The van der Waals surface area contributed by atoms with E-state index in [1.165, 1.54) is 0 Å². The van der Waals surface area contributed by atoms with Gasteiger partial charge < -0.3 is 45.2 Å². The van der Waals surface area contributed by atoms with Gasteiger partial charge in [-0.25, -0.2) is 4.89 Å². The fourth-order valence-electron chi connectivity index (χ4n) is 12.1. The van der Waals surface area contributed by atoms with Gasteiger partial charge in [0.15, 0.2) is 6.29 Å². The van der Waals surface area contributed by atoms with Crippen LogP contribution in [0, 0.1) is 45.3 Å². The van der Waals surface area contributed by atoms with Gasteiger partial charge in [-0.05, 0) is 116 Å². The second kappa shape index (κ2) is 12.8. The smallest absolute Gasteiger partial charge is 0.186 e. The first-order chi connectivity index (χ1) is 21.7. The van der Waals surface area contributed by atoms with E-state index >= 15 is 0 Å². The summed E-state index contributed by atoms with van der Waals surface area (Å²) in [5.41, 5.74) is -2.23. The van der Waals surface area contributed by atoms with Crippen molar-refractivity contribution in [2.75, 3.05) is 6.61 Å². The van der Waals surface area contributed by atoms with Crippen LogP contribution in [0.1, 0.15) is 99.8 Å². The van der Waals surface area contributed by atoms with Gasteiger partial charge in [0.05, 0.1) is 30.5 Å². The van der Waals surface area contributed by atoms with Gasteiger partial charge in [0.1, 0.15) is 30.5 Å². The van der Waals surface area contributed by atoms with Crippen LogP contribution in [0.3, 0.4) is 0 Å². The minimum Gasteiger partial charge on any atom is -0.394 e. The number of ether oxygens (including phenoxy) is 2. The summed E-state index contributed by atoms with van der Waals surface area (Å²) in [6, 6.07) is 0. The summed E-state index contributed by atoms with van der Waals surface area (Å²) >= 11 is 0. The van der Waals surface area contributed by atoms with E-state index in [1.807, 2.05) is 20.8 Å². The maximum atomic E-state index is 12.1. The van der Waals surface area contributed by atoms with E-state index in [1.54, 1.807) is 6.92 Å². The number of rotatable bonds is 9. The second-order valence-corrected chi connectivity index (χ2v) is 17.6. The SMILES string of the molecule is C=C(C)C(CCC(C)(O)C1CCC2(C)C1C(O)CC1C3(C)CCC(O)C(C)(C)C3C(OC3OC(CO)C(O)C(O)C3O)CC12C)OO. The van der Waals surface area contributed by atoms with Crippen molar-refractivity contribution in [1.29, 1.82) is 0 Å². The highest BCUT2D eigenvalue weighted by atomic mass is 17.1. The molecule has 5 aliphatic rings. The van der Waals surface area contributed by atoms with Crippen molar-refractivity contribution in [1.82, 2.24) is 0 Å². The van der Waals surface area contributed by atoms with Gasteiger partial charge in [0.2, 0.25) is 0 Å². The molecule has 0 bridgehead atoms. The molecule has 11 heteroatoms. The molecule has 5 fully saturated rings. The Labute approximate surface area is 279 Å². The third kappa shape index (κ3) is 5.77. The van der Waals surface area contributed by atoms with E-state index < -0.39 is 83.6 Å². The molecule has 11 nitrogen and oxygen atoms in total. The number of aliphatic hydroxyl groups is 7. The molecule has 5 rings (SSSR count). The Kier molecular flexibility index (Phi) is 10.2. The lowest BCUT2D eigenvalue weighted by molar-refractivity contribution is -0.347. The summed E-state index contributed by atoms with van der Waals surface area (Å²) in [4.78, 5) is 4.63. The molecule has 0 amide bonds. The lowest BCUT2D eigenvalue weighted by Gasteiger charge is -2.72. The zero-order chi connectivity index (χ0) is 35.1. The van der Waals surface area contributed by atoms with Crippen LogP contribution in [-0.2, 0) is 14.4 Å². The molecule has 0 aromatic heterocycles. The van der Waals surface area contributed by atoms with E-state index in [-0.39, 0.29) is 29.1 Å². The monoisotopic (exact) mass is 670 g/mol. The zero-order valence-electron chi connectivity index (χ0n) is 29.4. The molecule has 1 heterocycles. The predicted molar refractivity (Wildman–Crippen MR) is 173 cm³/mol. The Morgan fingerprint density at radius 2 is 1.64 bits per heavy atom. The fourth-order valence-corrected chi connectivity index (χ4v) is 12.1. The van der Waals surface area contributed by atoms with Gasteiger partial charge in [0, 0.05) is 0 Å². The summed E-state index contributed by atoms with van der Waals surface area (Å²) in [6.07, 6.45) is -4.75. The van der Waals surface area contributed by atoms with Crippen LogP contribution in [0.25, 0.3) is 0 Å². The zero-order valence-corrected chi connectivity index (χ0v) is 29.4. The van der Waals surface area contributed by atoms with Crippen molar-refractivity contribution in [2.45, 2.75) is 161 Å². The van der Waals surface area contributed by atoms with Crippen LogP contribution in [-0.4, -0.2) is 108 Å². The Morgan fingerprint density at radius 3 is 2.23 bits per heavy atom. The highest BCUT2D eigenvalue weighted by molar-refractivity contribution is 5.22. The van der Waals surface area contributed by atoms with Gasteiger partial charge in [-0.2, -0.15) is 0 Å². The topological polar surface area (TPSA) is 190 Å². The van der Waals surface area contributed by atoms with Crippen LogP contribution in [0.5, 0.6) is 0 Å². The maximum absolute atomic E-state index is 12.1. The molecule has 4 aliphatic carbocycles. The van der Waals surface area contributed by atoms with Crippen LogP contribution >= 0.6 is 0 Å². The molecular formula is C36H62O11. The van der Waals surface area contributed by atoms with Gasteiger partial charge in [-0.15, -0.1) is 0 Å². The highest BCUT2D eigenvalue weighted by Crippen LogP contribution is 2.76. The van der Waals surface area contributed by atoms with Crippen molar-refractivity contribution in [3.05, 3.63) is 12.2 Å². The number of fused-ring (bicyclic) bond motifs is 5. The molecular weight excluding hydrogens is 608 g/mol.